The lowest BCUT2D eigenvalue weighted by atomic mass is 10.1. The number of amides is 4. The smallest absolute Gasteiger partial charge is 0.332 e. The molecule has 4 rings (SSSR count). The number of hydrogen-bond donors (Lipinski definition) is 3. The van der Waals surface area contributed by atoms with E-state index < -0.39 is 6.03 Å². The molecule has 0 aromatic carbocycles. The molecule has 170 valence electrons. The maximum absolute atomic E-state index is 13.2. The van der Waals surface area contributed by atoms with E-state index in [1.165, 1.54) is 28.5 Å². The van der Waals surface area contributed by atoms with E-state index in [2.05, 4.69) is 39.1 Å². The predicted molar refractivity (Wildman–Crippen MR) is 131 cm³/mol. The minimum absolute atomic E-state index is 0.164. The van der Waals surface area contributed by atoms with Crippen LogP contribution in [0.2, 0.25) is 0 Å². The molecule has 3 heterocycles. The number of anilines is 2. The summed E-state index contributed by atoms with van der Waals surface area (Å²) in [7, 11) is 0. The molecule has 33 heavy (non-hydrogen) atoms. The van der Waals surface area contributed by atoms with Crippen molar-refractivity contribution in [3.63, 3.8) is 0 Å². The second-order valence-corrected chi connectivity index (χ2v) is 8.58. The van der Waals surface area contributed by atoms with E-state index in [-0.39, 0.29) is 23.9 Å². The van der Waals surface area contributed by atoms with Crippen LogP contribution in [-0.4, -0.2) is 40.7 Å². The van der Waals surface area contributed by atoms with Crippen molar-refractivity contribution in [2.24, 2.45) is 4.99 Å². The van der Waals surface area contributed by atoms with E-state index in [0.29, 0.717) is 32.3 Å². The van der Waals surface area contributed by atoms with E-state index in [9.17, 15) is 14.4 Å². The van der Waals surface area contributed by atoms with Gasteiger partial charge in [0.15, 0.2) is 0 Å². The highest BCUT2D eigenvalue weighted by Crippen LogP contribution is 2.43. The Bertz CT molecular complexity index is 1210. The Hall–Kier alpha value is -3.79. The number of carbonyl (C=O) groups excluding carboxylic acids is 3. The van der Waals surface area contributed by atoms with Gasteiger partial charge in [0.2, 0.25) is 5.91 Å². The number of rotatable bonds is 6. The molecular formula is C23H24N6O3S. The van der Waals surface area contributed by atoms with Crippen LogP contribution >= 0.6 is 11.3 Å². The monoisotopic (exact) mass is 464 g/mol. The first-order valence-corrected chi connectivity index (χ1v) is 11.4. The topological polar surface area (TPSA) is 116 Å². The van der Waals surface area contributed by atoms with Gasteiger partial charge in [-0.25, -0.2) is 19.7 Å². The van der Waals surface area contributed by atoms with Gasteiger partial charge in [-0.15, -0.1) is 11.3 Å². The van der Waals surface area contributed by atoms with Crippen LogP contribution < -0.4 is 20.9 Å². The lowest BCUT2D eigenvalue weighted by Crippen LogP contribution is -2.48. The highest BCUT2D eigenvalue weighted by atomic mass is 32.1. The van der Waals surface area contributed by atoms with Crippen molar-refractivity contribution in [3.8, 4) is 0 Å². The minimum atomic E-state index is -0.432. The number of nitrogens with one attached hydrogen (secondary N) is 3. The molecular weight excluding hydrogens is 440 g/mol. The Morgan fingerprint density at radius 3 is 2.76 bits per heavy atom. The highest BCUT2D eigenvalue weighted by molar-refractivity contribution is 7.21. The van der Waals surface area contributed by atoms with Crippen molar-refractivity contribution < 1.29 is 14.4 Å². The molecule has 0 spiro atoms. The predicted octanol–water partition coefficient (Wildman–Crippen LogP) is 3.72. The number of allylic oxidation sites excluding steroid dienone is 1. The molecule has 2 aliphatic rings. The van der Waals surface area contributed by atoms with E-state index >= 15 is 0 Å². The molecule has 2 unspecified atom stereocenters. The quantitative estimate of drug-likeness (QED) is 0.343. The fourth-order valence-corrected chi connectivity index (χ4v) is 5.19. The first kappa shape index (κ1) is 22.4. The Morgan fingerprint density at radius 1 is 1.30 bits per heavy atom. The molecule has 4 amide bonds. The molecule has 0 saturated heterocycles. The summed E-state index contributed by atoms with van der Waals surface area (Å²) >= 11 is 1.21. The van der Waals surface area contributed by atoms with Crippen LogP contribution in [0, 0.1) is 0 Å². The van der Waals surface area contributed by atoms with Crippen LogP contribution in [0.3, 0.4) is 0 Å². The number of amidine groups is 1. The van der Waals surface area contributed by atoms with Gasteiger partial charge in [0.05, 0.1) is 16.8 Å². The number of pyridine rings is 1. The van der Waals surface area contributed by atoms with Gasteiger partial charge in [0, 0.05) is 24.5 Å². The van der Waals surface area contributed by atoms with Gasteiger partial charge < -0.3 is 16.0 Å². The molecule has 1 aliphatic heterocycles. The van der Waals surface area contributed by atoms with Crippen LogP contribution in [0.25, 0.3) is 10.2 Å². The highest BCUT2D eigenvalue weighted by Gasteiger charge is 2.35. The average molecular weight is 465 g/mol. The molecule has 2 aromatic rings. The molecule has 3 N–H and O–H groups in total. The number of aliphatic imine (C=N–C) groups is 1. The minimum Gasteiger partial charge on any atom is -0.348 e. The first-order valence-electron chi connectivity index (χ1n) is 10.6. The van der Waals surface area contributed by atoms with Crippen molar-refractivity contribution in [2.75, 3.05) is 10.2 Å². The van der Waals surface area contributed by atoms with Crippen molar-refractivity contribution in [1.29, 1.82) is 0 Å². The zero-order valence-corrected chi connectivity index (χ0v) is 18.9. The second-order valence-electron chi connectivity index (χ2n) is 7.58. The van der Waals surface area contributed by atoms with E-state index in [0.717, 1.165) is 19.3 Å². The zero-order chi connectivity index (χ0) is 23.5. The van der Waals surface area contributed by atoms with Gasteiger partial charge in [-0.1, -0.05) is 19.2 Å². The second kappa shape index (κ2) is 9.37. The van der Waals surface area contributed by atoms with Crippen molar-refractivity contribution in [2.45, 2.75) is 38.3 Å². The van der Waals surface area contributed by atoms with Gasteiger partial charge in [0.25, 0.3) is 5.91 Å². The molecule has 1 saturated carbocycles. The average Bonchev–Trinajstić information content (AvgIpc) is 3.39. The number of thiophene rings is 1. The number of hydrogen-bond acceptors (Lipinski definition) is 6. The Balaban J connectivity index is 1.69. The van der Waals surface area contributed by atoms with E-state index in [1.807, 2.05) is 6.92 Å². The Kier molecular flexibility index (Phi) is 6.36. The number of carbonyl (C=O) groups is 3. The lowest BCUT2D eigenvalue weighted by Gasteiger charge is -2.28. The van der Waals surface area contributed by atoms with Crippen molar-refractivity contribution >= 4 is 56.6 Å². The fourth-order valence-electron chi connectivity index (χ4n) is 4.17. The van der Waals surface area contributed by atoms with Crippen LogP contribution in [0.4, 0.5) is 16.2 Å². The molecule has 2 atom stereocenters. The normalized spacial score (nSPS) is 20.1. The first-order chi connectivity index (χ1) is 16.0. The summed E-state index contributed by atoms with van der Waals surface area (Å²) in [6.07, 6.45) is 10.1. The summed E-state index contributed by atoms with van der Waals surface area (Å²) in [5.41, 5.74) is 1.02. The van der Waals surface area contributed by atoms with Crippen LogP contribution in [-0.2, 0) is 4.79 Å². The maximum Gasteiger partial charge on any atom is 0.332 e. The van der Waals surface area contributed by atoms with E-state index in [1.54, 1.807) is 24.4 Å². The molecule has 1 fully saturated rings. The summed E-state index contributed by atoms with van der Waals surface area (Å²) in [4.78, 5) is 49.1. The lowest BCUT2D eigenvalue weighted by molar-refractivity contribution is -0.117. The summed E-state index contributed by atoms with van der Waals surface area (Å²) < 4.78 is 0. The SMILES string of the molecule is C=CN=C(/C=C/C)N1C(=O)Nc2c(C(=O)NC3CCCC3NC(=O)C=C)sc3nccc1c23. The maximum atomic E-state index is 13.2. The third-order valence-electron chi connectivity index (χ3n) is 5.57. The van der Waals surface area contributed by atoms with Gasteiger partial charge >= 0.3 is 6.03 Å². The van der Waals surface area contributed by atoms with E-state index in [4.69, 9.17) is 0 Å². The standard InChI is InChI=1S/C23H24N6O3S/c1-4-8-16(24-6-3)29-15-11-12-25-22-18(15)19(28-23(29)32)20(33-22)21(31)27-14-10-7-9-13(14)26-17(30)5-2/h4-6,8,11-14H,2-3,7,9-10H2,1H3,(H,26,30)(H,27,31)(H,28,32)/b8-4+,24-16?. The fraction of sp³-hybridized carbons (Fsp3) is 0.261. The van der Waals surface area contributed by atoms with Crippen molar-refractivity contribution in [3.05, 3.63) is 54.7 Å². The summed E-state index contributed by atoms with van der Waals surface area (Å²) in [6, 6.07) is 0.919. The Labute approximate surface area is 195 Å². The number of urea groups is 1. The largest absolute Gasteiger partial charge is 0.348 e. The molecule has 0 bridgehead atoms. The van der Waals surface area contributed by atoms with Gasteiger partial charge in [0.1, 0.15) is 15.5 Å². The number of nitrogens with zero attached hydrogens (tertiary/aromatic N) is 3. The molecule has 9 nitrogen and oxygen atoms in total. The third-order valence-corrected chi connectivity index (χ3v) is 6.66. The van der Waals surface area contributed by atoms with Crippen molar-refractivity contribution in [1.82, 2.24) is 15.6 Å². The van der Waals surface area contributed by atoms with Crippen LogP contribution in [0.15, 0.2) is 54.8 Å². The number of aromatic nitrogens is 1. The molecule has 10 heteroatoms. The Morgan fingerprint density at radius 2 is 2.06 bits per heavy atom. The summed E-state index contributed by atoms with van der Waals surface area (Å²) in [5.74, 6) is -0.185. The van der Waals surface area contributed by atoms with Gasteiger partial charge in [-0.05, 0) is 44.4 Å². The molecule has 1 aliphatic carbocycles. The van der Waals surface area contributed by atoms with Gasteiger partial charge in [-0.2, -0.15) is 0 Å². The summed E-state index contributed by atoms with van der Waals surface area (Å²) in [6.45, 7) is 8.93. The summed E-state index contributed by atoms with van der Waals surface area (Å²) in [5, 5.41) is 9.42. The molecule has 0 radical (unpaired) electrons. The zero-order valence-electron chi connectivity index (χ0n) is 18.1. The van der Waals surface area contributed by atoms with Crippen LogP contribution in [0.5, 0.6) is 0 Å². The van der Waals surface area contributed by atoms with Crippen LogP contribution in [0.1, 0.15) is 35.9 Å². The molecule has 2 aromatic heterocycles. The van der Waals surface area contributed by atoms with Gasteiger partial charge in [-0.3, -0.25) is 9.59 Å². The third kappa shape index (κ3) is 4.17.